The van der Waals surface area contributed by atoms with Gasteiger partial charge in [-0.25, -0.2) is 0 Å². The van der Waals surface area contributed by atoms with Crippen molar-refractivity contribution < 1.29 is 14.4 Å². The van der Waals surface area contributed by atoms with Crippen molar-refractivity contribution >= 4 is 34.7 Å². The van der Waals surface area contributed by atoms with Crippen LogP contribution in [-0.4, -0.2) is 36.7 Å². The fraction of sp³-hybridized carbons (Fsp3) is 0.136. The zero-order valence-corrected chi connectivity index (χ0v) is 17.0. The number of nitrogens with zero attached hydrogens (tertiary/aromatic N) is 1. The van der Waals surface area contributed by atoms with Gasteiger partial charge in [0.2, 0.25) is 0 Å². The topological polar surface area (TPSA) is 78.5 Å². The summed E-state index contributed by atoms with van der Waals surface area (Å²) in [4.78, 5) is 39.0. The predicted octanol–water partition coefficient (Wildman–Crippen LogP) is 3.63. The van der Waals surface area contributed by atoms with E-state index >= 15 is 0 Å². The van der Waals surface area contributed by atoms with Gasteiger partial charge in [-0.3, -0.25) is 14.4 Å². The quantitative estimate of drug-likeness (QED) is 0.655. The number of nitrogens with one attached hydrogen (secondary N) is 2. The third-order valence-electron chi connectivity index (χ3n) is 4.22. The minimum absolute atomic E-state index is 0.0732. The van der Waals surface area contributed by atoms with Crippen molar-refractivity contribution in [2.75, 3.05) is 19.4 Å². The monoisotopic (exact) mass is 407 g/mol. The molecule has 0 radical (unpaired) electrons. The van der Waals surface area contributed by atoms with Crippen LogP contribution in [0.4, 0.5) is 5.69 Å². The summed E-state index contributed by atoms with van der Waals surface area (Å²) >= 11 is 1.34. The number of hydrogen-bond acceptors (Lipinski definition) is 4. The minimum Gasteiger partial charge on any atom is -0.348 e. The normalized spacial score (nSPS) is 10.3. The van der Waals surface area contributed by atoms with Crippen molar-refractivity contribution in [1.29, 1.82) is 0 Å². The summed E-state index contributed by atoms with van der Waals surface area (Å²) in [5, 5.41) is 7.47. The third-order valence-corrected chi connectivity index (χ3v) is 5.09. The first-order chi connectivity index (χ1) is 14.0. The number of thiophene rings is 1. The first kappa shape index (κ1) is 20.3. The summed E-state index contributed by atoms with van der Waals surface area (Å²) in [6.07, 6.45) is 0. The third kappa shape index (κ3) is 5.08. The van der Waals surface area contributed by atoms with Crippen molar-refractivity contribution in [3.63, 3.8) is 0 Å². The molecule has 0 unspecified atom stereocenters. The second-order valence-electron chi connectivity index (χ2n) is 6.56. The van der Waals surface area contributed by atoms with E-state index in [1.165, 1.54) is 16.2 Å². The van der Waals surface area contributed by atoms with Crippen molar-refractivity contribution in [3.8, 4) is 0 Å². The molecular formula is C22H21N3O3S. The number of carbonyl (C=O) groups excluding carboxylic acids is 3. The van der Waals surface area contributed by atoms with Gasteiger partial charge in [0.15, 0.2) is 0 Å². The Morgan fingerprint density at radius 2 is 1.62 bits per heavy atom. The Kier molecular flexibility index (Phi) is 6.41. The molecule has 6 nitrogen and oxygen atoms in total. The number of para-hydroxylation sites is 1. The van der Waals surface area contributed by atoms with E-state index in [0.717, 1.165) is 5.56 Å². The van der Waals surface area contributed by atoms with E-state index in [0.29, 0.717) is 28.2 Å². The van der Waals surface area contributed by atoms with Gasteiger partial charge in [-0.1, -0.05) is 30.3 Å². The largest absolute Gasteiger partial charge is 0.348 e. The van der Waals surface area contributed by atoms with Gasteiger partial charge in [0.1, 0.15) is 0 Å². The number of amides is 3. The predicted molar refractivity (Wildman–Crippen MR) is 114 cm³/mol. The lowest BCUT2D eigenvalue weighted by Gasteiger charge is -2.12. The van der Waals surface area contributed by atoms with Crippen LogP contribution in [0.15, 0.2) is 66.0 Å². The van der Waals surface area contributed by atoms with Gasteiger partial charge >= 0.3 is 0 Å². The minimum atomic E-state index is -0.291. The molecule has 1 heterocycles. The summed E-state index contributed by atoms with van der Waals surface area (Å²) in [5.41, 5.74) is 2.30. The molecule has 0 saturated carbocycles. The molecule has 0 aliphatic carbocycles. The van der Waals surface area contributed by atoms with Crippen LogP contribution in [0.1, 0.15) is 36.0 Å². The molecule has 3 aromatic rings. The van der Waals surface area contributed by atoms with Crippen LogP contribution in [0.25, 0.3) is 0 Å². The Balaban J connectivity index is 1.65. The number of rotatable bonds is 6. The SMILES string of the molecule is CN(C)C(=O)c1ccc(CNC(=O)c2ccccc2NC(=O)c2cccs2)cc1. The average molecular weight is 407 g/mol. The van der Waals surface area contributed by atoms with Crippen LogP contribution < -0.4 is 10.6 Å². The van der Waals surface area contributed by atoms with Gasteiger partial charge in [0.25, 0.3) is 17.7 Å². The molecule has 148 valence electrons. The highest BCUT2D eigenvalue weighted by molar-refractivity contribution is 7.12. The molecule has 0 fully saturated rings. The van der Waals surface area contributed by atoms with Gasteiger partial charge in [0, 0.05) is 26.2 Å². The van der Waals surface area contributed by atoms with E-state index in [-0.39, 0.29) is 17.7 Å². The van der Waals surface area contributed by atoms with Crippen LogP contribution in [-0.2, 0) is 6.54 Å². The molecule has 3 amide bonds. The molecule has 0 atom stereocenters. The lowest BCUT2D eigenvalue weighted by Crippen LogP contribution is -2.25. The van der Waals surface area contributed by atoms with Crippen molar-refractivity contribution in [2.24, 2.45) is 0 Å². The Morgan fingerprint density at radius 1 is 0.897 bits per heavy atom. The fourth-order valence-electron chi connectivity index (χ4n) is 2.68. The molecule has 0 aliphatic heterocycles. The number of hydrogen-bond donors (Lipinski definition) is 2. The van der Waals surface area contributed by atoms with Gasteiger partial charge in [-0.15, -0.1) is 11.3 Å². The van der Waals surface area contributed by atoms with E-state index in [4.69, 9.17) is 0 Å². The highest BCUT2D eigenvalue weighted by atomic mass is 32.1. The van der Waals surface area contributed by atoms with Crippen LogP contribution in [0.2, 0.25) is 0 Å². The Labute approximate surface area is 173 Å². The van der Waals surface area contributed by atoms with Gasteiger partial charge in [-0.2, -0.15) is 0 Å². The standard InChI is InChI=1S/C22H21N3O3S/c1-25(2)22(28)16-11-9-15(10-12-16)14-23-20(26)17-6-3-4-7-18(17)24-21(27)19-8-5-13-29-19/h3-13H,14H2,1-2H3,(H,23,26)(H,24,27). The number of benzene rings is 2. The molecule has 0 spiro atoms. The second kappa shape index (κ2) is 9.16. The van der Waals surface area contributed by atoms with E-state index in [1.54, 1.807) is 62.6 Å². The lowest BCUT2D eigenvalue weighted by molar-refractivity contribution is 0.0826. The smallest absolute Gasteiger partial charge is 0.265 e. The summed E-state index contributed by atoms with van der Waals surface area (Å²) in [6, 6.07) is 17.5. The van der Waals surface area contributed by atoms with Gasteiger partial charge in [0.05, 0.1) is 16.1 Å². The molecule has 0 saturated heterocycles. The van der Waals surface area contributed by atoms with E-state index in [1.807, 2.05) is 17.5 Å². The van der Waals surface area contributed by atoms with Crippen molar-refractivity contribution in [2.45, 2.75) is 6.54 Å². The maximum atomic E-state index is 12.7. The van der Waals surface area contributed by atoms with Crippen molar-refractivity contribution in [1.82, 2.24) is 10.2 Å². The van der Waals surface area contributed by atoms with E-state index < -0.39 is 0 Å². The number of carbonyl (C=O) groups is 3. The Hall–Kier alpha value is -3.45. The molecule has 3 rings (SSSR count). The van der Waals surface area contributed by atoms with Gasteiger partial charge < -0.3 is 15.5 Å². The molecule has 0 bridgehead atoms. The Bertz CT molecular complexity index is 1010. The zero-order chi connectivity index (χ0) is 20.8. The zero-order valence-electron chi connectivity index (χ0n) is 16.1. The lowest BCUT2D eigenvalue weighted by atomic mass is 10.1. The van der Waals surface area contributed by atoms with E-state index in [9.17, 15) is 14.4 Å². The highest BCUT2D eigenvalue weighted by Crippen LogP contribution is 2.18. The van der Waals surface area contributed by atoms with Crippen molar-refractivity contribution in [3.05, 3.63) is 87.6 Å². The van der Waals surface area contributed by atoms with E-state index in [2.05, 4.69) is 10.6 Å². The fourth-order valence-corrected chi connectivity index (χ4v) is 3.30. The molecule has 2 N–H and O–H groups in total. The van der Waals surface area contributed by atoms with Crippen LogP contribution in [0.5, 0.6) is 0 Å². The summed E-state index contributed by atoms with van der Waals surface area (Å²) in [7, 11) is 3.40. The van der Waals surface area contributed by atoms with Crippen LogP contribution in [0.3, 0.4) is 0 Å². The molecule has 29 heavy (non-hydrogen) atoms. The van der Waals surface area contributed by atoms with Crippen LogP contribution in [0, 0.1) is 0 Å². The van der Waals surface area contributed by atoms with Gasteiger partial charge in [-0.05, 0) is 41.3 Å². The van der Waals surface area contributed by atoms with Crippen LogP contribution >= 0.6 is 11.3 Å². The maximum absolute atomic E-state index is 12.7. The molecular weight excluding hydrogens is 386 g/mol. The maximum Gasteiger partial charge on any atom is 0.265 e. The number of anilines is 1. The first-order valence-corrected chi connectivity index (χ1v) is 9.86. The summed E-state index contributed by atoms with van der Waals surface area (Å²) in [5.74, 6) is -0.613. The highest BCUT2D eigenvalue weighted by Gasteiger charge is 2.14. The summed E-state index contributed by atoms with van der Waals surface area (Å²) in [6.45, 7) is 0.308. The average Bonchev–Trinajstić information content (AvgIpc) is 3.27. The molecule has 2 aromatic carbocycles. The second-order valence-corrected chi connectivity index (χ2v) is 7.50. The molecule has 0 aliphatic rings. The molecule has 7 heteroatoms. The first-order valence-electron chi connectivity index (χ1n) is 8.98. The Morgan fingerprint density at radius 3 is 2.28 bits per heavy atom. The summed E-state index contributed by atoms with van der Waals surface area (Å²) < 4.78 is 0. The molecule has 1 aromatic heterocycles.